The van der Waals surface area contributed by atoms with Gasteiger partial charge in [-0.2, -0.15) is 5.10 Å². The van der Waals surface area contributed by atoms with E-state index in [-0.39, 0.29) is 12.0 Å². The molecule has 0 saturated heterocycles. The maximum Gasteiger partial charge on any atom is 0.326 e. The van der Waals surface area contributed by atoms with Gasteiger partial charge in [0.2, 0.25) is 0 Å². The Morgan fingerprint density at radius 3 is 3.05 bits per heavy atom. The lowest BCUT2D eigenvalue weighted by Gasteiger charge is -2.39. The minimum atomic E-state index is -0.549. The molecule has 2 atom stereocenters. The van der Waals surface area contributed by atoms with Crippen molar-refractivity contribution in [3.05, 3.63) is 18.0 Å². The van der Waals surface area contributed by atoms with Crippen molar-refractivity contribution in [1.29, 1.82) is 0 Å². The number of nitrogens with one attached hydrogen (secondary N) is 1. The molecule has 5 nitrogen and oxygen atoms in total. The highest BCUT2D eigenvalue weighted by molar-refractivity contribution is 5.81. The number of hydrogen-bond acceptors (Lipinski definition) is 4. The number of ether oxygens (including phenoxy) is 1. The van der Waals surface area contributed by atoms with Crippen LogP contribution in [0.3, 0.4) is 0 Å². The van der Waals surface area contributed by atoms with Crippen molar-refractivity contribution < 1.29 is 9.53 Å². The van der Waals surface area contributed by atoms with E-state index < -0.39 is 5.54 Å². The van der Waals surface area contributed by atoms with Crippen LogP contribution in [0.25, 0.3) is 0 Å². The van der Waals surface area contributed by atoms with E-state index in [9.17, 15) is 4.79 Å². The number of aryl methyl sites for hydroxylation is 1. The number of rotatable bonds is 4. The number of nitrogens with zero attached hydrogens (tertiary/aromatic N) is 2. The monoisotopic (exact) mass is 265 g/mol. The van der Waals surface area contributed by atoms with Crippen molar-refractivity contribution in [3.8, 4) is 0 Å². The van der Waals surface area contributed by atoms with Gasteiger partial charge in [0.05, 0.1) is 18.8 Å². The predicted octanol–water partition coefficient (Wildman–Crippen LogP) is 1.83. The number of carbonyl (C=O) groups is 1. The third-order valence-corrected chi connectivity index (χ3v) is 3.93. The average Bonchev–Trinajstić information content (AvgIpc) is 2.85. The maximum absolute atomic E-state index is 12.1. The largest absolute Gasteiger partial charge is 0.468 e. The lowest BCUT2D eigenvalue weighted by Crippen LogP contribution is -2.55. The van der Waals surface area contributed by atoms with Gasteiger partial charge in [0, 0.05) is 6.20 Å². The molecule has 2 rings (SSSR count). The maximum atomic E-state index is 12.1. The second-order valence-electron chi connectivity index (χ2n) is 5.29. The summed E-state index contributed by atoms with van der Waals surface area (Å²) >= 11 is 0. The van der Waals surface area contributed by atoms with E-state index in [1.54, 1.807) is 0 Å². The van der Waals surface area contributed by atoms with Gasteiger partial charge >= 0.3 is 5.97 Å². The molecule has 0 amide bonds. The topological polar surface area (TPSA) is 56.1 Å². The summed E-state index contributed by atoms with van der Waals surface area (Å²) in [7, 11) is 1.46. The summed E-state index contributed by atoms with van der Waals surface area (Å²) in [5.41, 5.74) is 0.462. The molecular formula is C14H23N3O2. The second kappa shape index (κ2) is 5.74. The molecule has 0 aromatic carbocycles. The van der Waals surface area contributed by atoms with Crippen molar-refractivity contribution in [2.75, 3.05) is 13.7 Å². The standard InChI is InChI=1S/C14H23N3O2/c1-4-15-14(13(18)19-3)8-5-6-12(10-14)17-9-7-11(2)16-17/h7,9,12,15H,4-6,8,10H2,1-3H3. The fourth-order valence-electron chi connectivity index (χ4n) is 3.06. The van der Waals surface area contributed by atoms with Crippen LogP contribution in [0, 0.1) is 6.92 Å². The molecule has 5 heteroatoms. The number of aromatic nitrogens is 2. The molecule has 19 heavy (non-hydrogen) atoms. The van der Waals surface area contributed by atoms with Gasteiger partial charge in [0.1, 0.15) is 5.54 Å². The zero-order chi connectivity index (χ0) is 13.9. The van der Waals surface area contributed by atoms with Crippen molar-refractivity contribution in [2.45, 2.75) is 51.1 Å². The Morgan fingerprint density at radius 2 is 2.47 bits per heavy atom. The molecule has 0 radical (unpaired) electrons. The lowest BCUT2D eigenvalue weighted by molar-refractivity contribution is -0.150. The van der Waals surface area contributed by atoms with Crippen LogP contribution in [0.5, 0.6) is 0 Å². The van der Waals surface area contributed by atoms with E-state index in [2.05, 4.69) is 10.4 Å². The lowest BCUT2D eigenvalue weighted by atomic mass is 9.79. The Bertz CT molecular complexity index is 440. The first kappa shape index (κ1) is 14.1. The Hall–Kier alpha value is -1.36. The predicted molar refractivity (Wildman–Crippen MR) is 72.9 cm³/mol. The molecule has 1 heterocycles. The number of carbonyl (C=O) groups excluding carboxylic acids is 1. The van der Waals surface area contributed by atoms with Crippen LogP contribution in [0.2, 0.25) is 0 Å². The van der Waals surface area contributed by atoms with E-state index in [1.807, 2.05) is 30.8 Å². The van der Waals surface area contributed by atoms with Crippen LogP contribution in [0.4, 0.5) is 0 Å². The van der Waals surface area contributed by atoms with Gasteiger partial charge in [-0.05, 0) is 45.2 Å². The number of esters is 1. The van der Waals surface area contributed by atoms with Gasteiger partial charge in [0.15, 0.2) is 0 Å². The quantitative estimate of drug-likeness (QED) is 0.844. The van der Waals surface area contributed by atoms with Crippen LogP contribution >= 0.6 is 0 Å². The fraction of sp³-hybridized carbons (Fsp3) is 0.714. The van der Waals surface area contributed by atoms with Crippen LogP contribution in [-0.4, -0.2) is 34.9 Å². The van der Waals surface area contributed by atoms with E-state index in [4.69, 9.17) is 4.74 Å². The highest BCUT2D eigenvalue weighted by Crippen LogP contribution is 2.36. The molecule has 0 aliphatic heterocycles. The molecule has 1 aromatic heterocycles. The second-order valence-corrected chi connectivity index (χ2v) is 5.29. The van der Waals surface area contributed by atoms with Gasteiger partial charge in [-0.25, -0.2) is 0 Å². The van der Waals surface area contributed by atoms with Crippen LogP contribution in [-0.2, 0) is 9.53 Å². The summed E-state index contributed by atoms with van der Waals surface area (Å²) in [4.78, 5) is 12.1. The van der Waals surface area contributed by atoms with Gasteiger partial charge in [-0.3, -0.25) is 9.48 Å². The molecule has 0 spiro atoms. The first-order valence-electron chi connectivity index (χ1n) is 6.96. The molecule has 0 bridgehead atoms. The zero-order valence-corrected chi connectivity index (χ0v) is 12.0. The van der Waals surface area contributed by atoms with Crippen molar-refractivity contribution in [2.24, 2.45) is 0 Å². The third kappa shape index (κ3) is 2.81. The summed E-state index contributed by atoms with van der Waals surface area (Å²) in [6, 6.07) is 2.27. The van der Waals surface area contributed by atoms with Crippen molar-refractivity contribution >= 4 is 5.97 Å². The number of methoxy groups -OCH3 is 1. The fourth-order valence-corrected chi connectivity index (χ4v) is 3.06. The number of likely N-dealkylation sites (N-methyl/N-ethyl adjacent to an activating group) is 1. The van der Waals surface area contributed by atoms with Crippen molar-refractivity contribution in [1.82, 2.24) is 15.1 Å². The highest BCUT2D eigenvalue weighted by Gasteiger charge is 2.43. The summed E-state index contributed by atoms with van der Waals surface area (Å²) in [5, 5.41) is 7.82. The molecule has 1 fully saturated rings. The summed E-state index contributed by atoms with van der Waals surface area (Å²) in [6.07, 6.45) is 5.65. The molecule has 106 valence electrons. The third-order valence-electron chi connectivity index (χ3n) is 3.93. The minimum Gasteiger partial charge on any atom is -0.468 e. The zero-order valence-electron chi connectivity index (χ0n) is 12.0. The Kier molecular flexibility index (Phi) is 4.24. The molecule has 2 unspecified atom stereocenters. The van der Waals surface area contributed by atoms with Crippen LogP contribution in [0.1, 0.15) is 44.3 Å². The first-order valence-corrected chi connectivity index (χ1v) is 6.96. The van der Waals surface area contributed by atoms with E-state index in [0.717, 1.165) is 37.9 Å². The van der Waals surface area contributed by atoms with Gasteiger partial charge in [-0.1, -0.05) is 6.92 Å². The Balaban J connectivity index is 2.19. The molecular weight excluding hydrogens is 242 g/mol. The van der Waals surface area contributed by atoms with Gasteiger partial charge in [-0.15, -0.1) is 0 Å². The van der Waals surface area contributed by atoms with Crippen LogP contribution in [0.15, 0.2) is 12.3 Å². The minimum absolute atomic E-state index is 0.150. The summed E-state index contributed by atoms with van der Waals surface area (Å²) in [5.74, 6) is -0.150. The molecule has 1 aromatic rings. The smallest absolute Gasteiger partial charge is 0.326 e. The first-order chi connectivity index (χ1) is 9.11. The normalized spacial score (nSPS) is 27.2. The average molecular weight is 265 g/mol. The SMILES string of the molecule is CCNC1(C(=O)OC)CCCC(n2ccc(C)n2)C1. The van der Waals surface area contributed by atoms with Gasteiger partial charge in [0.25, 0.3) is 0 Å². The van der Waals surface area contributed by atoms with E-state index in [0.29, 0.717) is 0 Å². The Labute approximate surface area is 114 Å². The summed E-state index contributed by atoms with van der Waals surface area (Å²) < 4.78 is 6.99. The molecule has 1 N–H and O–H groups in total. The molecule has 1 aliphatic rings. The highest BCUT2D eigenvalue weighted by atomic mass is 16.5. The summed E-state index contributed by atoms with van der Waals surface area (Å²) in [6.45, 7) is 4.77. The van der Waals surface area contributed by atoms with Crippen molar-refractivity contribution in [3.63, 3.8) is 0 Å². The van der Waals surface area contributed by atoms with Crippen LogP contribution < -0.4 is 5.32 Å². The number of hydrogen-bond donors (Lipinski definition) is 1. The Morgan fingerprint density at radius 1 is 1.68 bits per heavy atom. The van der Waals surface area contributed by atoms with E-state index >= 15 is 0 Å². The molecule has 1 aliphatic carbocycles. The molecule has 1 saturated carbocycles. The van der Waals surface area contributed by atoms with E-state index in [1.165, 1.54) is 7.11 Å². The van der Waals surface area contributed by atoms with Gasteiger partial charge < -0.3 is 10.1 Å².